The fourth-order valence-electron chi connectivity index (χ4n) is 1.18. The Morgan fingerprint density at radius 2 is 2.27 bits per heavy atom. The number of ether oxygens (including phenoxy) is 2. The quantitative estimate of drug-likeness (QED) is 0.828. The maximum absolute atomic E-state index is 5.53. The van der Waals surface area contributed by atoms with Crippen molar-refractivity contribution < 1.29 is 9.47 Å². The first kappa shape index (κ1) is 12.2. The lowest BCUT2D eigenvalue weighted by Gasteiger charge is -2.12. The number of halogens is 1. The van der Waals surface area contributed by atoms with Crippen molar-refractivity contribution in [1.82, 2.24) is 9.97 Å². The summed E-state index contributed by atoms with van der Waals surface area (Å²) in [7, 11) is 1.56. The number of hydrogen-bond acceptors (Lipinski definition) is 4. The molecule has 1 rings (SSSR count). The topological polar surface area (TPSA) is 44.2 Å². The molecule has 5 heteroatoms. The fourth-order valence-corrected chi connectivity index (χ4v) is 1.53. The lowest BCUT2D eigenvalue weighted by atomic mass is 10.2. The zero-order valence-electron chi connectivity index (χ0n) is 9.16. The molecular weight excluding hydrogens is 260 g/mol. The molecule has 0 aliphatic rings. The van der Waals surface area contributed by atoms with Gasteiger partial charge in [0.25, 0.3) is 0 Å². The SMILES string of the molecule is CCCC(C)Oc1ncc(Br)c(OC)n1. The third-order valence-electron chi connectivity index (χ3n) is 1.88. The van der Waals surface area contributed by atoms with Gasteiger partial charge >= 0.3 is 6.01 Å². The molecule has 1 heterocycles. The van der Waals surface area contributed by atoms with Crippen LogP contribution in [-0.2, 0) is 0 Å². The van der Waals surface area contributed by atoms with E-state index in [-0.39, 0.29) is 6.10 Å². The third kappa shape index (κ3) is 3.66. The van der Waals surface area contributed by atoms with Crippen LogP contribution >= 0.6 is 15.9 Å². The third-order valence-corrected chi connectivity index (χ3v) is 2.43. The van der Waals surface area contributed by atoms with Crippen LogP contribution in [0.4, 0.5) is 0 Å². The predicted octanol–water partition coefficient (Wildman–Crippen LogP) is 2.82. The summed E-state index contributed by atoms with van der Waals surface area (Å²) in [6, 6.07) is 0.357. The summed E-state index contributed by atoms with van der Waals surface area (Å²) in [6.45, 7) is 4.12. The van der Waals surface area contributed by atoms with Crippen LogP contribution in [0.1, 0.15) is 26.7 Å². The summed E-state index contributed by atoms with van der Waals surface area (Å²) in [5.74, 6) is 0.490. The van der Waals surface area contributed by atoms with E-state index in [1.54, 1.807) is 13.3 Å². The molecule has 1 aromatic heterocycles. The van der Waals surface area contributed by atoms with Gasteiger partial charge in [0.1, 0.15) is 0 Å². The lowest BCUT2D eigenvalue weighted by Crippen LogP contribution is -2.13. The van der Waals surface area contributed by atoms with E-state index < -0.39 is 0 Å². The minimum atomic E-state index is 0.126. The number of nitrogens with zero attached hydrogens (tertiary/aromatic N) is 2. The lowest BCUT2D eigenvalue weighted by molar-refractivity contribution is 0.189. The molecule has 0 bridgehead atoms. The van der Waals surface area contributed by atoms with Crippen molar-refractivity contribution in [3.63, 3.8) is 0 Å². The molecular formula is C10H15BrN2O2. The van der Waals surface area contributed by atoms with Crippen molar-refractivity contribution in [3.8, 4) is 11.9 Å². The zero-order chi connectivity index (χ0) is 11.3. The summed E-state index contributed by atoms with van der Waals surface area (Å²) in [4.78, 5) is 8.16. The van der Waals surface area contributed by atoms with Crippen molar-refractivity contribution in [2.75, 3.05) is 7.11 Å². The molecule has 0 saturated heterocycles. The van der Waals surface area contributed by atoms with E-state index in [9.17, 15) is 0 Å². The molecule has 0 radical (unpaired) electrons. The number of rotatable bonds is 5. The van der Waals surface area contributed by atoms with Crippen molar-refractivity contribution in [2.45, 2.75) is 32.8 Å². The van der Waals surface area contributed by atoms with E-state index in [0.717, 1.165) is 17.3 Å². The molecule has 1 atom stereocenters. The standard InChI is InChI=1S/C10H15BrN2O2/c1-4-5-7(2)15-10-12-6-8(11)9(13-10)14-3/h6-7H,4-5H2,1-3H3. The van der Waals surface area contributed by atoms with Gasteiger partial charge in [-0.1, -0.05) is 13.3 Å². The van der Waals surface area contributed by atoms with E-state index >= 15 is 0 Å². The predicted molar refractivity (Wildman–Crippen MR) is 61.3 cm³/mol. The Balaban J connectivity index is 2.69. The van der Waals surface area contributed by atoms with Crippen LogP contribution in [0, 0.1) is 0 Å². The first-order valence-electron chi connectivity index (χ1n) is 4.90. The largest absolute Gasteiger partial charge is 0.480 e. The number of hydrogen-bond donors (Lipinski definition) is 0. The normalized spacial score (nSPS) is 12.3. The zero-order valence-corrected chi connectivity index (χ0v) is 10.7. The van der Waals surface area contributed by atoms with Crippen LogP contribution < -0.4 is 9.47 Å². The molecule has 1 unspecified atom stereocenters. The van der Waals surface area contributed by atoms with Crippen LogP contribution in [0.3, 0.4) is 0 Å². The summed E-state index contributed by atoms with van der Waals surface area (Å²) >= 11 is 3.28. The smallest absolute Gasteiger partial charge is 0.320 e. The average Bonchev–Trinajstić information content (AvgIpc) is 2.21. The highest BCUT2D eigenvalue weighted by Crippen LogP contribution is 2.23. The summed E-state index contributed by atoms with van der Waals surface area (Å²) < 4.78 is 11.3. The van der Waals surface area contributed by atoms with Gasteiger partial charge in [-0.2, -0.15) is 4.98 Å². The number of aromatic nitrogens is 2. The van der Waals surface area contributed by atoms with Gasteiger partial charge in [0.2, 0.25) is 5.88 Å². The summed E-state index contributed by atoms with van der Waals surface area (Å²) in [6.07, 6.45) is 3.82. The molecule has 0 aliphatic heterocycles. The van der Waals surface area contributed by atoms with Crippen LogP contribution in [0.5, 0.6) is 11.9 Å². The van der Waals surface area contributed by atoms with E-state index in [1.807, 2.05) is 6.92 Å². The van der Waals surface area contributed by atoms with Crippen LogP contribution in [-0.4, -0.2) is 23.2 Å². The molecule has 0 amide bonds. The van der Waals surface area contributed by atoms with E-state index in [1.165, 1.54) is 0 Å². The van der Waals surface area contributed by atoms with Gasteiger partial charge in [0.05, 0.1) is 23.9 Å². The molecule has 0 aliphatic carbocycles. The highest BCUT2D eigenvalue weighted by Gasteiger charge is 2.08. The van der Waals surface area contributed by atoms with Gasteiger partial charge in [-0.25, -0.2) is 4.98 Å². The minimum absolute atomic E-state index is 0.126. The van der Waals surface area contributed by atoms with Gasteiger partial charge in [0.15, 0.2) is 0 Å². The van der Waals surface area contributed by atoms with Crippen LogP contribution in [0.15, 0.2) is 10.7 Å². The van der Waals surface area contributed by atoms with Gasteiger partial charge in [0, 0.05) is 0 Å². The second-order valence-electron chi connectivity index (χ2n) is 3.23. The Morgan fingerprint density at radius 3 is 2.87 bits per heavy atom. The van der Waals surface area contributed by atoms with E-state index in [0.29, 0.717) is 11.9 Å². The van der Waals surface area contributed by atoms with Crippen molar-refractivity contribution in [1.29, 1.82) is 0 Å². The molecule has 84 valence electrons. The average molecular weight is 275 g/mol. The molecule has 0 spiro atoms. The Bertz CT molecular complexity index is 320. The molecule has 0 fully saturated rings. The summed E-state index contributed by atoms with van der Waals surface area (Å²) in [5.41, 5.74) is 0. The van der Waals surface area contributed by atoms with Gasteiger partial charge in [-0.15, -0.1) is 0 Å². The Hall–Kier alpha value is -0.840. The van der Waals surface area contributed by atoms with E-state index in [2.05, 4.69) is 32.8 Å². The Labute approximate surface area is 98.2 Å². The highest BCUT2D eigenvalue weighted by atomic mass is 79.9. The van der Waals surface area contributed by atoms with Gasteiger partial charge < -0.3 is 9.47 Å². The van der Waals surface area contributed by atoms with Gasteiger partial charge in [-0.3, -0.25) is 0 Å². The molecule has 4 nitrogen and oxygen atoms in total. The van der Waals surface area contributed by atoms with Crippen LogP contribution in [0.2, 0.25) is 0 Å². The molecule has 0 N–H and O–H groups in total. The second-order valence-corrected chi connectivity index (χ2v) is 4.08. The Morgan fingerprint density at radius 1 is 1.53 bits per heavy atom. The van der Waals surface area contributed by atoms with Gasteiger partial charge in [-0.05, 0) is 29.3 Å². The van der Waals surface area contributed by atoms with Crippen molar-refractivity contribution in [3.05, 3.63) is 10.7 Å². The highest BCUT2D eigenvalue weighted by molar-refractivity contribution is 9.10. The number of methoxy groups -OCH3 is 1. The molecule has 15 heavy (non-hydrogen) atoms. The second kappa shape index (κ2) is 5.90. The maximum atomic E-state index is 5.53. The Kier molecular flexibility index (Phi) is 4.81. The van der Waals surface area contributed by atoms with Crippen molar-refractivity contribution in [2.24, 2.45) is 0 Å². The first-order valence-corrected chi connectivity index (χ1v) is 5.69. The monoisotopic (exact) mass is 274 g/mol. The molecule has 0 saturated carbocycles. The minimum Gasteiger partial charge on any atom is -0.480 e. The van der Waals surface area contributed by atoms with E-state index in [4.69, 9.17) is 9.47 Å². The molecule has 0 aromatic carbocycles. The molecule has 1 aromatic rings. The summed E-state index contributed by atoms with van der Waals surface area (Å²) in [5, 5.41) is 0. The first-order chi connectivity index (χ1) is 7.17. The van der Waals surface area contributed by atoms with Crippen molar-refractivity contribution >= 4 is 15.9 Å². The van der Waals surface area contributed by atoms with Crippen LogP contribution in [0.25, 0.3) is 0 Å². The fraction of sp³-hybridized carbons (Fsp3) is 0.600. The maximum Gasteiger partial charge on any atom is 0.320 e.